The minimum absolute atomic E-state index is 0.384. The molecule has 0 saturated heterocycles. The van der Waals surface area contributed by atoms with Crippen molar-refractivity contribution in [1.82, 2.24) is 15.1 Å². The number of rotatable bonds is 2. The molecular formula is C10H16N4O. The van der Waals surface area contributed by atoms with Crippen molar-refractivity contribution in [2.45, 2.75) is 32.9 Å². The maximum absolute atomic E-state index is 11.2. The monoisotopic (exact) mass is 208 g/mol. The molecule has 2 rings (SSSR count). The molecule has 0 bridgehead atoms. The Morgan fingerprint density at radius 2 is 2.47 bits per heavy atom. The average Bonchev–Trinajstić information content (AvgIpc) is 2.58. The number of carbonyl (C=O) groups is 1. The summed E-state index contributed by atoms with van der Waals surface area (Å²) in [6.07, 6.45) is 0. The van der Waals surface area contributed by atoms with Crippen LogP contribution in [0.25, 0.3) is 0 Å². The van der Waals surface area contributed by atoms with Crippen LogP contribution in [0.2, 0.25) is 0 Å². The number of hydrogen-bond acceptors (Lipinski definition) is 3. The second kappa shape index (κ2) is 3.66. The lowest BCUT2D eigenvalue weighted by Crippen LogP contribution is -2.29. The Morgan fingerprint density at radius 1 is 1.73 bits per heavy atom. The number of fused-ring (bicyclic) bond motifs is 1. The molecule has 1 aromatic rings. The first-order chi connectivity index (χ1) is 7.15. The lowest BCUT2D eigenvalue weighted by atomic mass is 9.97. The van der Waals surface area contributed by atoms with E-state index < -0.39 is 5.91 Å². The molecule has 1 aliphatic rings. The molecule has 3 N–H and O–H groups in total. The molecule has 5 nitrogen and oxygen atoms in total. The van der Waals surface area contributed by atoms with Crippen molar-refractivity contribution in [2.75, 3.05) is 6.54 Å². The van der Waals surface area contributed by atoms with Crippen molar-refractivity contribution in [3.63, 3.8) is 0 Å². The van der Waals surface area contributed by atoms with E-state index in [1.807, 2.05) is 11.6 Å². The number of carbonyl (C=O) groups excluding carboxylic acids is 1. The van der Waals surface area contributed by atoms with Gasteiger partial charge in [0.2, 0.25) is 0 Å². The Morgan fingerprint density at radius 3 is 3.07 bits per heavy atom. The lowest BCUT2D eigenvalue weighted by Gasteiger charge is -2.21. The zero-order valence-corrected chi connectivity index (χ0v) is 9.08. The summed E-state index contributed by atoms with van der Waals surface area (Å²) in [5.74, 6) is -0.0522. The van der Waals surface area contributed by atoms with Gasteiger partial charge in [-0.1, -0.05) is 6.92 Å². The van der Waals surface area contributed by atoms with Crippen LogP contribution < -0.4 is 11.1 Å². The van der Waals surface area contributed by atoms with Gasteiger partial charge in [0.1, 0.15) is 0 Å². The van der Waals surface area contributed by atoms with Crippen LogP contribution in [0, 0.1) is 0 Å². The molecule has 0 spiro atoms. The Kier molecular flexibility index (Phi) is 2.48. The van der Waals surface area contributed by atoms with Crippen LogP contribution in [0.1, 0.15) is 41.5 Å². The molecule has 2 heterocycles. The van der Waals surface area contributed by atoms with E-state index in [0.29, 0.717) is 18.2 Å². The summed E-state index contributed by atoms with van der Waals surface area (Å²) < 4.78 is 1.89. The fourth-order valence-corrected chi connectivity index (χ4v) is 2.19. The highest BCUT2D eigenvalue weighted by molar-refractivity contribution is 5.92. The van der Waals surface area contributed by atoms with Crippen LogP contribution in [-0.2, 0) is 13.1 Å². The highest BCUT2D eigenvalue weighted by Gasteiger charge is 2.26. The first-order valence-electron chi connectivity index (χ1n) is 5.25. The van der Waals surface area contributed by atoms with Crippen LogP contribution in [0.3, 0.4) is 0 Å². The molecule has 0 aliphatic carbocycles. The molecule has 1 unspecified atom stereocenters. The molecule has 15 heavy (non-hydrogen) atoms. The first kappa shape index (κ1) is 10.2. The third-order valence-electron chi connectivity index (χ3n) is 2.85. The number of hydrogen-bond donors (Lipinski definition) is 2. The third kappa shape index (κ3) is 1.52. The minimum Gasteiger partial charge on any atom is -0.364 e. The van der Waals surface area contributed by atoms with Gasteiger partial charge in [0, 0.05) is 36.8 Å². The Hall–Kier alpha value is -1.36. The molecule has 82 valence electrons. The second-order valence-corrected chi connectivity index (χ2v) is 3.92. The zero-order chi connectivity index (χ0) is 11.0. The summed E-state index contributed by atoms with van der Waals surface area (Å²) in [5.41, 5.74) is 7.86. The van der Waals surface area contributed by atoms with Gasteiger partial charge in [0.25, 0.3) is 5.91 Å². The van der Waals surface area contributed by atoms with Gasteiger partial charge in [0.05, 0.1) is 0 Å². The van der Waals surface area contributed by atoms with E-state index in [1.54, 1.807) is 0 Å². The molecule has 0 radical (unpaired) electrons. The van der Waals surface area contributed by atoms with E-state index in [4.69, 9.17) is 5.73 Å². The van der Waals surface area contributed by atoms with Crippen molar-refractivity contribution in [3.05, 3.63) is 17.0 Å². The van der Waals surface area contributed by atoms with Gasteiger partial charge < -0.3 is 11.1 Å². The minimum atomic E-state index is -0.436. The first-order valence-corrected chi connectivity index (χ1v) is 5.25. The number of aromatic nitrogens is 2. The number of primary amides is 1. The number of aryl methyl sites for hydroxylation is 1. The highest BCUT2D eigenvalue weighted by atomic mass is 16.1. The van der Waals surface area contributed by atoms with Gasteiger partial charge in [-0.15, -0.1) is 0 Å². The molecule has 1 amide bonds. The van der Waals surface area contributed by atoms with E-state index >= 15 is 0 Å². The fourth-order valence-electron chi connectivity index (χ4n) is 2.19. The predicted octanol–water partition coefficient (Wildman–Crippen LogP) is 0.209. The van der Waals surface area contributed by atoms with Crippen molar-refractivity contribution in [3.8, 4) is 0 Å². The van der Waals surface area contributed by atoms with Crippen LogP contribution in [-0.4, -0.2) is 22.2 Å². The van der Waals surface area contributed by atoms with E-state index in [0.717, 1.165) is 24.3 Å². The van der Waals surface area contributed by atoms with Gasteiger partial charge in [-0.2, -0.15) is 5.10 Å². The summed E-state index contributed by atoms with van der Waals surface area (Å²) in [7, 11) is 0. The summed E-state index contributed by atoms with van der Waals surface area (Å²) in [5, 5.41) is 7.52. The zero-order valence-electron chi connectivity index (χ0n) is 9.08. The smallest absolute Gasteiger partial charge is 0.269 e. The van der Waals surface area contributed by atoms with Crippen molar-refractivity contribution < 1.29 is 4.79 Å². The Labute approximate surface area is 88.6 Å². The van der Waals surface area contributed by atoms with Crippen molar-refractivity contribution >= 4 is 5.91 Å². The standard InChI is InChI=1S/C10H16N4O/c1-3-14-9-6(2)4-12-5-7(9)8(13-14)10(11)15/h6,12H,3-5H2,1-2H3,(H2,11,15). The quantitative estimate of drug-likeness (QED) is 0.729. The molecule has 0 aromatic carbocycles. The van der Waals surface area contributed by atoms with Gasteiger partial charge >= 0.3 is 0 Å². The number of nitrogens with one attached hydrogen (secondary N) is 1. The molecule has 5 heteroatoms. The van der Waals surface area contributed by atoms with Crippen LogP contribution >= 0.6 is 0 Å². The topological polar surface area (TPSA) is 72.9 Å². The maximum atomic E-state index is 11.2. The summed E-state index contributed by atoms with van der Waals surface area (Å²) in [6.45, 7) is 6.55. The largest absolute Gasteiger partial charge is 0.364 e. The third-order valence-corrected chi connectivity index (χ3v) is 2.85. The molecular weight excluding hydrogens is 192 g/mol. The average molecular weight is 208 g/mol. The Bertz CT molecular complexity index is 396. The van der Waals surface area contributed by atoms with E-state index in [-0.39, 0.29) is 0 Å². The van der Waals surface area contributed by atoms with Gasteiger partial charge in [-0.25, -0.2) is 0 Å². The van der Waals surface area contributed by atoms with Crippen molar-refractivity contribution in [1.29, 1.82) is 0 Å². The van der Waals surface area contributed by atoms with Gasteiger partial charge in [-0.05, 0) is 6.92 Å². The van der Waals surface area contributed by atoms with Gasteiger partial charge in [0.15, 0.2) is 5.69 Å². The second-order valence-electron chi connectivity index (χ2n) is 3.92. The SMILES string of the molecule is CCn1nc(C(N)=O)c2c1C(C)CNC2. The van der Waals surface area contributed by atoms with Crippen LogP contribution in [0.4, 0.5) is 0 Å². The normalized spacial score (nSPS) is 20.0. The summed E-state index contributed by atoms with van der Waals surface area (Å²) in [6, 6.07) is 0. The molecule has 1 aliphatic heterocycles. The predicted molar refractivity (Wildman–Crippen MR) is 56.5 cm³/mol. The number of nitrogens with two attached hydrogens (primary N) is 1. The molecule has 0 fully saturated rings. The Balaban J connectivity index is 2.57. The maximum Gasteiger partial charge on any atom is 0.269 e. The van der Waals surface area contributed by atoms with E-state index in [2.05, 4.69) is 17.3 Å². The highest BCUT2D eigenvalue weighted by Crippen LogP contribution is 2.26. The van der Waals surface area contributed by atoms with Crippen LogP contribution in [0.5, 0.6) is 0 Å². The van der Waals surface area contributed by atoms with E-state index in [1.165, 1.54) is 0 Å². The fraction of sp³-hybridized carbons (Fsp3) is 0.600. The molecule has 1 atom stereocenters. The van der Waals surface area contributed by atoms with Crippen molar-refractivity contribution in [2.24, 2.45) is 5.73 Å². The van der Waals surface area contributed by atoms with Gasteiger partial charge in [-0.3, -0.25) is 9.48 Å². The number of amides is 1. The van der Waals surface area contributed by atoms with Crippen LogP contribution in [0.15, 0.2) is 0 Å². The lowest BCUT2D eigenvalue weighted by molar-refractivity contribution is 0.0993. The summed E-state index contributed by atoms with van der Waals surface area (Å²) in [4.78, 5) is 11.2. The molecule has 1 aromatic heterocycles. The van der Waals surface area contributed by atoms with E-state index in [9.17, 15) is 4.79 Å². The molecule has 0 saturated carbocycles. The summed E-state index contributed by atoms with van der Waals surface area (Å²) >= 11 is 0. The number of nitrogens with zero attached hydrogens (tertiary/aromatic N) is 2.